The Morgan fingerprint density at radius 2 is 2.20 bits per heavy atom. The molecule has 0 atom stereocenters. The van der Waals surface area contributed by atoms with Crippen LogP contribution in [0.1, 0.15) is 6.92 Å². The SMILES string of the molecule is C[13C](=O)NN. The zero-order chi connectivity index (χ0) is 4.28. The maximum atomic E-state index is 9.58. The van der Waals surface area contributed by atoms with Gasteiger partial charge in [0.25, 0.3) is 0 Å². The Bertz CT molecular complexity index is 42.9. The van der Waals surface area contributed by atoms with Gasteiger partial charge in [0.1, 0.15) is 0 Å². The molecule has 5 heavy (non-hydrogen) atoms. The quantitative estimate of drug-likeness (QED) is 0.168. The van der Waals surface area contributed by atoms with Crippen molar-refractivity contribution in [2.45, 2.75) is 6.92 Å². The molecule has 0 aromatic heterocycles. The second kappa shape index (κ2) is 1.72. The van der Waals surface area contributed by atoms with Crippen LogP contribution in [-0.2, 0) is 4.79 Å². The molecule has 3 nitrogen and oxygen atoms in total. The number of nitrogens with two attached hydrogens (primary N) is 1. The van der Waals surface area contributed by atoms with Gasteiger partial charge < -0.3 is 0 Å². The van der Waals surface area contributed by atoms with Gasteiger partial charge in [-0.25, -0.2) is 5.84 Å². The molecule has 0 aliphatic rings. The van der Waals surface area contributed by atoms with Gasteiger partial charge in [-0.1, -0.05) is 0 Å². The fraction of sp³-hybridized carbons (Fsp3) is 0.500. The van der Waals surface area contributed by atoms with Crippen LogP contribution in [0.4, 0.5) is 0 Å². The predicted molar refractivity (Wildman–Crippen MR) is 18.0 cm³/mol. The van der Waals surface area contributed by atoms with E-state index in [1.807, 2.05) is 5.43 Å². The van der Waals surface area contributed by atoms with Crippen LogP contribution in [0.25, 0.3) is 0 Å². The minimum atomic E-state index is -0.218. The molecule has 0 spiro atoms. The van der Waals surface area contributed by atoms with E-state index < -0.39 is 0 Å². The molecule has 0 heterocycles. The molecule has 0 fully saturated rings. The molecule has 3 heteroatoms. The van der Waals surface area contributed by atoms with Gasteiger partial charge in [0, 0.05) is 6.92 Å². The molecule has 1 amide bonds. The van der Waals surface area contributed by atoms with Gasteiger partial charge in [0.15, 0.2) is 0 Å². The number of amides is 1. The highest BCUT2D eigenvalue weighted by atomic mass is 16.2. The van der Waals surface area contributed by atoms with Crippen molar-refractivity contribution in [3.8, 4) is 0 Å². The van der Waals surface area contributed by atoms with Crippen LogP contribution in [0, 0.1) is 0 Å². The third-order valence-electron chi connectivity index (χ3n) is 0.203. The highest BCUT2D eigenvalue weighted by Crippen LogP contribution is 1.41. The first-order valence-corrected chi connectivity index (χ1v) is 1.24. The van der Waals surface area contributed by atoms with Gasteiger partial charge in [-0.3, -0.25) is 10.2 Å². The van der Waals surface area contributed by atoms with Crippen LogP contribution in [0.3, 0.4) is 0 Å². The molecule has 0 rings (SSSR count). The number of hydrogen-bond donors (Lipinski definition) is 2. The zero-order valence-electron chi connectivity index (χ0n) is 2.99. The summed E-state index contributed by atoms with van der Waals surface area (Å²) < 4.78 is 0. The lowest BCUT2D eigenvalue weighted by Crippen LogP contribution is -2.26. The Labute approximate surface area is 30.1 Å². The molecule has 0 aromatic carbocycles. The highest BCUT2D eigenvalue weighted by molar-refractivity contribution is 5.71. The summed E-state index contributed by atoms with van der Waals surface area (Å²) in [6, 6.07) is 0. The maximum Gasteiger partial charge on any atom is 0.230 e. The molecule has 0 bridgehead atoms. The third-order valence-corrected chi connectivity index (χ3v) is 0.203. The average Bonchev–Trinajstić information content (AvgIpc) is 1.38. The fourth-order valence-corrected chi connectivity index (χ4v) is 0. The molecule has 0 saturated carbocycles. The number of carbonyl (C=O) groups excluding carboxylic acids is 1. The molecule has 0 unspecified atom stereocenters. The van der Waals surface area contributed by atoms with Gasteiger partial charge in [0.2, 0.25) is 5.91 Å². The van der Waals surface area contributed by atoms with Crippen molar-refractivity contribution in [2.75, 3.05) is 0 Å². The zero-order valence-corrected chi connectivity index (χ0v) is 2.99. The van der Waals surface area contributed by atoms with Crippen LogP contribution >= 0.6 is 0 Å². The number of rotatable bonds is 0. The van der Waals surface area contributed by atoms with Crippen molar-refractivity contribution < 1.29 is 4.79 Å². The third kappa shape index (κ3) is 3.43. The first kappa shape index (κ1) is 4.43. The van der Waals surface area contributed by atoms with E-state index in [4.69, 9.17) is 0 Å². The molecule has 0 saturated heterocycles. The van der Waals surface area contributed by atoms with Gasteiger partial charge in [-0.15, -0.1) is 0 Å². The summed E-state index contributed by atoms with van der Waals surface area (Å²) in [7, 11) is 0. The summed E-state index contributed by atoms with van der Waals surface area (Å²) in [6.07, 6.45) is 0. The van der Waals surface area contributed by atoms with Crippen molar-refractivity contribution in [1.29, 1.82) is 0 Å². The van der Waals surface area contributed by atoms with E-state index in [0.29, 0.717) is 0 Å². The van der Waals surface area contributed by atoms with Crippen LogP contribution in [-0.4, -0.2) is 5.91 Å². The summed E-state index contributed by atoms with van der Waals surface area (Å²) in [5.41, 5.74) is 1.89. The van der Waals surface area contributed by atoms with Gasteiger partial charge in [-0.05, 0) is 0 Å². The summed E-state index contributed by atoms with van der Waals surface area (Å²) in [4.78, 5) is 9.58. The second-order valence-electron chi connectivity index (χ2n) is 0.701. The van der Waals surface area contributed by atoms with Crippen LogP contribution < -0.4 is 11.3 Å². The maximum absolute atomic E-state index is 9.58. The number of carbonyl (C=O) groups is 1. The van der Waals surface area contributed by atoms with Gasteiger partial charge in [0.05, 0.1) is 0 Å². The van der Waals surface area contributed by atoms with E-state index in [2.05, 4.69) is 5.84 Å². The summed E-state index contributed by atoms with van der Waals surface area (Å²) in [5.74, 6) is 4.35. The minimum Gasteiger partial charge on any atom is -0.295 e. The average molecular weight is 75.1 g/mol. The van der Waals surface area contributed by atoms with Gasteiger partial charge in [-0.2, -0.15) is 0 Å². The van der Waals surface area contributed by atoms with E-state index in [1.165, 1.54) is 6.92 Å². The summed E-state index contributed by atoms with van der Waals surface area (Å²) >= 11 is 0. The lowest BCUT2D eigenvalue weighted by atomic mass is 11.2. The Balaban J connectivity index is 2.85. The smallest absolute Gasteiger partial charge is 0.230 e. The van der Waals surface area contributed by atoms with Crippen LogP contribution in [0.15, 0.2) is 0 Å². The van der Waals surface area contributed by atoms with Crippen molar-refractivity contribution in [3.63, 3.8) is 0 Å². The van der Waals surface area contributed by atoms with Gasteiger partial charge >= 0.3 is 0 Å². The molecule has 0 aliphatic heterocycles. The van der Waals surface area contributed by atoms with Crippen LogP contribution in [0.2, 0.25) is 0 Å². The van der Waals surface area contributed by atoms with Crippen molar-refractivity contribution >= 4 is 5.91 Å². The molecule has 30 valence electrons. The first-order chi connectivity index (χ1) is 2.27. The summed E-state index contributed by atoms with van der Waals surface area (Å²) in [5, 5.41) is 0. The lowest BCUT2D eigenvalue weighted by molar-refractivity contribution is -0.119. The Morgan fingerprint density at radius 3 is 2.20 bits per heavy atom. The fourth-order valence-electron chi connectivity index (χ4n) is 0. The molecule has 0 aliphatic carbocycles. The number of nitrogens with one attached hydrogen (secondary N) is 1. The monoisotopic (exact) mass is 75.1 g/mol. The molecule has 0 aromatic rings. The largest absolute Gasteiger partial charge is 0.295 e. The topological polar surface area (TPSA) is 55.1 Å². The first-order valence-electron chi connectivity index (χ1n) is 1.24. The van der Waals surface area contributed by atoms with E-state index in [-0.39, 0.29) is 5.91 Å². The number of hydrogen-bond acceptors (Lipinski definition) is 2. The van der Waals surface area contributed by atoms with Crippen LogP contribution in [0.5, 0.6) is 0 Å². The molecule has 0 radical (unpaired) electrons. The van der Waals surface area contributed by atoms with Crippen molar-refractivity contribution in [3.05, 3.63) is 0 Å². The Morgan fingerprint density at radius 1 is 2.00 bits per heavy atom. The normalized spacial score (nSPS) is 6.80. The number of hydrazine groups is 1. The van der Waals surface area contributed by atoms with E-state index in [9.17, 15) is 4.79 Å². The van der Waals surface area contributed by atoms with Crippen molar-refractivity contribution in [1.82, 2.24) is 5.43 Å². The Hall–Kier alpha value is -0.570. The molecular weight excluding hydrogens is 69.0 g/mol. The lowest BCUT2D eigenvalue weighted by Gasteiger charge is -1.80. The van der Waals surface area contributed by atoms with E-state index >= 15 is 0 Å². The Kier molecular flexibility index (Phi) is 1.53. The second-order valence-corrected chi connectivity index (χ2v) is 0.701. The molecule has 3 N–H and O–H groups in total. The standard InChI is InChI=1S/C2H6N2O/c1-2(5)4-3/h3H2,1H3,(H,4,5)/i2+1. The van der Waals surface area contributed by atoms with Crippen molar-refractivity contribution in [2.24, 2.45) is 5.84 Å². The molecular formula is C2H6N2O. The van der Waals surface area contributed by atoms with E-state index in [0.717, 1.165) is 0 Å². The highest BCUT2D eigenvalue weighted by Gasteiger charge is 1.73. The summed E-state index contributed by atoms with van der Waals surface area (Å²) in [6.45, 7) is 1.35. The van der Waals surface area contributed by atoms with E-state index in [1.54, 1.807) is 0 Å². The minimum absolute atomic E-state index is 0.218. The predicted octanol–water partition coefficient (Wildman–Crippen LogP) is -1.00.